The van der Waals surface area contributed by atoms with Crippen LogP contribution in [0.25, 0.3) is 10.9 Å². The summed E-state index contributed by atoms with van der Waals surface area (Å²) >= 11 is 0. The number of aromatic nitrogens is 1. The lowest BCUT2D eigenvalue weighted by molar-refractivity contribution is 0.0691. The summed E-state index contributed by atoms with van der Waals surface area (Å²) in [6, 6.07) is 3.47. The Labute approximate surface area is 86.7 Å². The molecule has 0 bridgehead atoms. The number of aryl methyl sites for hydroxylation is 2. The van der Waals surface area contributed by atoms with Crippen molar-refractivity contribution in [3.63, 3.8) is 0 Å². The van der Waals surface area contributed by atoms with Crippen molar-refractivity contribution in [3.05, 3.63) is 29.0 Å². The van der Waals surface area contributed by atoms with Crippen molar-refractivity contribution < 1.29 is 9.90 Å². The molecule has 4 N–H and O–H groups in total. The van der Waals surface area contributed by atoms with Crippen molar-refractivity contribution in [2.75, 3.05) is 5.73 Å². The van der Waals surface area contributed by atoms with Crippen LogP contribution in [-0.2, 0) is 0 Å². The van der Waals surface area contributed by atoms with Gasteiger partial charge in [0.05, 0.1) is 0 Å². The number of benzene rings is 1. The van der Waals surface area contributed by atoms with Crippen molar-refractivity contribution in [3.8, 4) is 0 Å². The molecule has 0 amide bonds. The SMILES string of the molecule is Cc1c(N)cc(C)c2[nH]c(C(=O)O)cc12. The van der Waals surface area contributed by atoms with Crippen LogP contribution in [0.15, 0.2) is 12.1 Å². The zero-order chi connectivity index (χ0) is 11.2. The molecule has 0 aliphatic heterocycles. The third kappa shape index (κ3) is 1.34. The minimum Gasteiger partial charge on any atom is -0.477 e. The molecule has 0 radical (unpaired) electrons. The summed E-state index contributed by atoms with van der Waals surface area (Å²) in [6.45, 7) is 3.79. The van der Waals surface area contributed by atoms with E-state index in [1.807, 2.05) is 19.9 Å². The fourth-order valence-corrected chi connectivity index (χ4v) is 1.75. The summed E-state index contributed by atoms with van der Waals surface area (Å²) in [5.74, 6) is -0.955. The molecule has 1 aromatic heterocycles. The predicted octanol–water partition coefficient (Wildman–Crippen LogP) is 2.07. The number of aromatic amines is 1. The molecule has 4 nitrogen and oxygen atoms in total. The van der Waals surface area contributed by atoms with E-state index in [4.69, 9.17) is 10.8 Å². The van der Waals surface area contributed by atoms with Crippen LogP contribution in [-0.4, -0.2) is 16.1 Å². The highest BCUT2D eigenvalue weighted by Crippen LogP contribution is 2.27. The molecule has 0 saturated heterocycles. The van der Waals surface area contributed by atoms with Crippen molar-refractivity contribution in [2.24, 2.45) is 0 Å². The Kier molecular flexibility index (Phi) is 1.93. The van der Waals surface area contributed by atoms with Crippen LogP contribution in [0.3, 0.4) is 0 Å². The maximum absolute atomic E-state index is 10.8. The number of carboxylic acid groups (broad SMARTS) is 1. The van der Waals surface area contributed by atoms with Gasteiger partial charge in [-0.2, -0.15) is 0 Å². The van der Waals surface area contributed by atoms with Gasteiger partial charge in [0.15, 0.2) is 0 Å². The number of hydrogen-bond donors (Lipinski definition) is 3. The van der Waals surface area contributed by atoms with Gasteiger partial charge in [-0.1, -0.05) is 0 Å². The first kappa shape index (κ1) is 9.58. The minimum atomic E-state index is -0.955. The highest BCUT2D eigenvalue weighted by molar-refractivity contribution is 5.97. The smallest absolute Gasteiger partial charge is 0.352 e. The number of H-pyrrole nitrogens is 1. The Bertz CT molecular complexity index is 555. The normalized spacial score (nSPS) is 10.8. The zero-order valence-electron chi connectivity index (χ0n) is 8.59. The first-order chi connectivity index (χ1) is 7.00. The number of nitrogens with one attached hydrogen (secondary N) is 1. The Morgan fingerprint density at radius 1 is 1.40 bits per heavy atom. The number of carbonyl (C=O) groups is 1. The van der Waals surface area contributed by atoms with Gasteiger partial charge in [-0.25, -0.2) is 4.79 Å². The standard InChI is InChI=1S/C11H12N2O2/c1-5-3-8(12)6(2)7-4-9(11(14)15)13-10(5)7/h3-4,13H,12H2,1-2H3,(H,14,15). The van der Waals surface area contributed by atoms with E-state index in [1.165, 1.54) is 0 Å². The molecule has 0 aliphatic carbocycles. The number of fused-ring (bicyclic) bond motifs is 1. The molecule has 0 spiro atoms. The van der Waals surface area contributed by atoms with Crippen LogP contribution in [0.2, 0.25) is 0 Å². The average Bonchev–Trinajstić information content (AvgIpc) is 2.59. The molecule has 2 rings (SSSR count). The van der Waals surface area contributed by atoms with Gasteiger partial charge >= 0.3 is 5.97 Å². The molecule has 4 heteroatoms. The number of rotatable bonds is 1. The van der Waals surface area contributed by atoms with E-state index in [2.05, 4.69) is 4.98 Å². The van der Waals surface area contributed by atoms with Crippen molar-refractivity contribution in [1.29, 1.82) is 0 Å². The predicted molar refractivity (Wildman–Crippen MR) is 59.1 cm³/mol. The average molecular weight is 204 g/mol. The van der Waals surface area contributed by atoms with Crippen LogP contribution < -0.4 is 5.73 Å². The number of nitrogens with two attached hydrogens (primary N) is 1. The highest BCUT2D eigenvalue weighted by atomic mass is 16.4. The van der Waals surface area contributed by atoms with Gasteiger partial charge in [0.2, 0.25) is 0 Å². The molecule has 0 saturated carbocycles. The summed E-state index contributed by atoms with van der Waals surface area (Å²) in [5, 5.41) is 9.75. The Hall–Kier alpha value is -1.97. The van der Waals surface area contributed by atoms with E-state index in [0.717, 1.165) is 22.0 Å². The molecular weight excluding hydrogens is 192 g/mol. The van der Waals surface area contributed by atoms with Crippen LogP contribution in [0.5, 0.6) is 0 Å². The third-order valence-corrected chi connectivity index (χ3v) is 2.65. The van der Waals surface area contributed by atoms with E-state index in [-0.39, 0.29) is 5.69 Å². The lowest BCUT2D eigenvalue weighted by atomic mass is 10.1. The molecule has 2 aromatic rings. The van der Waals surface area contributed by atoms with E-state index < -0.39 is 5.97 Å². The Morgan fingerprint density at radius 3 is 2.67 bits per heavy atom. The molecule has 1 heterocycles. The molecule has 0 atom stereocenters. The van der Waals surface area contributed by atoms with Crippen LogP contribution in [0.4, 0.5) is 5.69 Å². The number of hydrogen-bond acceptors (Lipinski definition) is 2. The van der Waals surface area contributed by atoms with Gasteiger partial charge in [-0.05, 0) is 37.1 Å². The van der Waals surface area contributed by atoms with E-state index in [0.29, 0.717) is 5.69 Å². The highest BCUT2D eigenvalue weighted by Gasteiger charge is 2.12. The summed E-state index contributed by atoms with van der Waals surface area (Å²) in [6.07, 6.45) is 0. The van der Waals surface area contributed by atoms with Gasteiger partial charge in [-0.3, -0.25) is 0 Å². The van der Waals surface area contributed by atoms with Crippen LogP contribution in [0, 0.1) is 13.8 Å². The number of nitrogen functional groups attached to an aromatic ring is 1. The quantitative estimate of drug-likeness (QED) is 0.622. The fraction of sp³-hybridized carbons (Fsp3) is 0.182. The summed E-state index contributed by atoms with van der Waals surface area (Å²) in [7, 11) is 0. The fourth-order valence-electron chi connectivity index (χ4n) is 1.75. The van der Waals surface area contributed by atoms with Gasteiger partial charge in [0, 0.05) is 16.6 Å². The lowest BCUT2D eigenvalue weighted by Gasteiger charge is -2.03. The topological polar surface area (TPSA) is 79.1 Å². The number of anilines is 1. The maximum atomic E-state index is 10.8. The minimum absolute atomic E-state index is 0.196. The van der Waals surface area contributed by atoms with Crippen LogP contribution >= 0.6 is 0 Å². The molecule has 78 valence electrons. The van der Waals surface area contributed by atoms with Crippen molar-refractivity contribution in [1.82, 2.24) is 4.98 Å². The third-order valence-electron chi connectivity index (χ3n) is 2.65. The second kappa shape index (κ2) is 3.02. The van der Waals surface area contributed by atoms with Crippen molar-refractivity contribution in [2.45, 2.75) is 13.8 Å². The van der Waals surface area contributed by atoms with Gasteiger partial charge in [0.25, 0.3) is 0 Å². The molecular formula is C11H12N2O2. The molecule has 0 aliphatic rings. The summed E-state index contributed by atoms with van der Waals surface area (Å²) in [5.41, 5.74) is 9.42. The molecule has 15 heavy (non-hydrogen) atoms. The van der Waals surface area contributed by atoms with Crippen molar-refractivity contribution >= 4 is 22.6 Å². The molecule has 0 unspecified atom stereocenters. The Balaban J connectivity index is 2.85. The molecule has 1 aromatic carbocycles. The summed E-state index contributed by atoms with van der Waals surface area (Å²) in [4.78, 5) is 13.7. The number of carboxylic acids is 1. The largest absolute Gasteiger partial charge is 0.477 e. The lowest BCUT2D eigenvalue weighted by Crippen LogP contribution is -1.95. The Morgan fingerprint density at radius 2 is 2.07 bits per heavy atom. The van der Waals surface area contributed by atoms with Gasteiger partial charge in [-0.15, -0.1) is 0 Å². The number of aromatic carboxylic acids is 1. The van der Waals surface area contributed by atoms with E-state index >= 15 is 0 Å². The van der Waals surface area contributed by atoms with Gasteiger partial charge < -0.3 is 15.8 Å². The monoisotopic (exact) mass is 204 g/mol. The molecule has 0 fully saturated rings. The van der Waals surface area contributed by atoms with Gasteiger partial charge in [0.1, 0.15) is 5.69 Å². The second-order valence-electron chi connectivity index (χ2n) is 3.68. The first-order valence-corrected chi connectivity index (χ1v) is 4.62. The first-order valence-electron chi connectivity index (χ1n) is 4.62. The summed E-state index contributed by atoms with van der Waals surface area (Å²) < 4.78 is 0. The zero-order valence-corrected chi connectivity index (χ0v) is 8.59. The van der Waals surface area contributed by atoms with E-state index in [9.17, 15) is 4.79 Å². The maximum Gasteiger partial charge on any atom is 0.352 e. The van der Waals surface area contributed by atoms with Crippen LogP contribution in [0.1, 0.15) is 21.6 Å². The van der Waals surface area contributed by atoms with E-state index in [1.54, 1.807) is 6.07 Å². The second-order valence-corrected chi connectivity index (χ2v) is 3.68.